The first-order chi connectivity index (χ1) is 8.81. The van der Waals surface area contributed by atoms with Gasteiger partial charge in [-0.1, -0.05) is 26.8 Å². The van der Waals surface area contributed by atoms with Gasteiger partial charge in [-0.3, -0.25) is 0 Å². The highest BCUT2D eigenvalue weighted by molar-refractivity contribution is 7.89. The molecule has 1 rings (SSSR count). The second-order valence-corrected chi connectivity index (χ2v) is 6.53. The van der Waals surface area contributed by atoms with Gasteiger partial charge in [0.1, 0.15) is 10.7 Å². The molecule has 0 aliphatic rings. The lowest BCUT2D eigenvalue weighted by atomic mass is 10.0. The van der Waals surface area contributed by atoms with Crippen molar-refractivity contribution < 1.29 is 12.8 Å². The quantitative estimate of drug-likeness (QED) is 0.841. The molecule has 19 heavy (non-hydrogen) atoms. The summed E-state index contributed by atoms with van der Waals surface area (Å²) < 4.78 is 40.6. The van der Waals surface area contributed by atoms with E-state index in [0.29, 0.717) is 12.0 Å². The molecule has 4 nitrogen and oxygen atoms in total. The third-order valence-corrected chi connectivity index (χ3v) is 4.58. The molecule has 108 valence electrons. The van der Waals surface area contributed by atoms with Crippen LogP contribution >= 0.6 is 0 Å². The van der Waals surface area contributed by atoms with Crippen LogP contribution in [0, 0.1) is 11.7 Å². The summed E-state index contributed by atoms with van der Waals surface area (Å²) in [7, 11) is -3.86. The maximum Gasteiger partial charge on any atom is 0.243 e. The molecule has 0 heterocycles. The van der Waals surface area contributed by atoms with E-state index in [-0.39, 0.29) is 23.4 Å². The van der Waals surface area contributed by atoms with E-state index in [4.69, 9.17) is 5.73 Å². The van der Waals surface area contributed by atoms with Crippen LogP contribution in [-0.4, -0.2) is 14.5 Å². The summed E-state index contributed by atoms with van der Waals surface area (Å²) >= 11 is 0. The molecule has 0 radical (unpaired) electrons. The van der Waals surface area contributed by atoms with Crippen LogP contribution < -0.4 is 10.5 Å². The SMILES string of the molecule is CCC(NS(=O)(=O)c1cc(CN)ccc1F)C(C)C. The molecule has 0 spiro atoms. The smallest absolute Gasteiger partial charge is 0.243 e. The molecule has 1 atom stereocenters. The summed E-state index contributed by atoms with van der Waals surface area (Å²) in [6, 6.07) is 3.68. The Morgan fingerprint density at radius 3 is 2.47 bits per heavy atom. The van der Waals surface area contributed by atoms with Crippen molar-refractivity contribution in [3.05, 3.63) is 29.6 Å². The second-order valence-electron chi connectivity index (χ2n) is 4.85. The van der Waals surface area contributed by atoms with Gasteiger partial charge in [-0.2, -0.15) is 0 Å². The van der Waals surface area contributed by atoms with Crippen molar-refractivity contribution in [3.63, 3.8) is 0 Å². The zero-order valence-electron chi connectivity index (χ0n) is 11.5. The predicted molar refractivity (Wildman–Crippen MR) is 73.5 cm³/mol. The monoisotopic (exact) mass is 288 g/mol. The van der Waals surface area contributed by atoms with Crippen molar-refractivity contribution >= 4 is 10.0 Å². The minimum atomic E-state index is -3.86. The van der Waals surface area contributed by atoms with Crippen LogP contribution in [0.3, 0.4) is 0 Å². The fourth-order valence-corrected chi connectivity index (χ4v) is 3.43. The van der Waals surface area contributed by atoms with Crippen molar-refractivity contribution in [1.82, 2.24) is 4.72 Å². The van der Waals surface area contributed by atoms with Gasteiger partial charge in [0, 0.05) is 12.6 Å². The normalized spacial score (nSPS) is 13.8. The van der Waals surface area contributed by atoms with Crippen LogP contribution in [-0.2, 0) is 16.6 Å². The molecule has 0 aliphatic carbocycles. The van der Waals surface area contributed by atoms with Gasteiger partial charge in [0.15, 0.2) is 0 Å². The molecule has 0 bridgehead atoms. The van der Waals surface area contributed by atoms with Crippen LogP contribution in [0.15, 0.2) is 23.1 Å². The van der Waals surface area contributed by atoms with Crippen molar-refractivity contribution in [2.24, 2.45) is 11.7 Å². The third kappa shape index (κ3) is 3.99. The molecule has 6 heteroatoms. The fourth-order valence-electron chi connectivity index (χ4n) is 1.83. The average Bonchev–Trinajstić information content (AvgIpc) is 2.36. The van der Waals surface area contributed by atoms with E-state index in [0.717, 1.165) is 6.07 Å². The van der Waals surface area contributed by atoms with Crippen LogP contribution in [0.5, 0.6) is 0 Å². The maximum absolute atomic E-state index is 13.7. The zero-order valence-corrected chi connectivity index (χ0v) is 12.3. The highest BCUT2D eigenvalue weighted by Crippen LogP contribution is 2.18. The molecule has 1 aromatic rings. The van der Waals surface area contributed by atoms with Gasteiger partial charge in [0.05, 0.1) is 0 Å². The summed E-state index contributed by atoms with van der Waals surface area (Å²) in [6.07, 6.45) is 0.648. The largest absolute Gasteiger partial charge is 0.326 e. The van der Waals surface area contributed by atoms with Crippen molar-refractivity contribution in [2.75, 3.05) is 0 Å². The number of sulfonamides is 1. The summed E-state index contributed by atoms with van der Waals surface area (Å²) in [6.45, 7) is 5.90. The van der Waals surface area contributed by atoms with E-state index in [1.165, 1.54) is 12.1 Å². The maximum atomic E-state index is 13.7. The van der Waals surface area contributed by atoms with Gasteiger partial charge in [-0.15, -0.1) is 0 Å². The summed E-state index contributed by atoms with van der Waals surface area (Å²) in [5.74, 6) is -0.621. The Morgan fingerprint density at radius 2 is 2.00 bits per heavy atom. The lowest BCUT2D eigenvalue weighted by molar-refractivity contribution is 0.435. The summed E-state index contributed by atoms with van der Waals surface area (Å²) in [5.41, 5.74) is 6.03. The van der Waals surface area contributed by atoms with Crippen molar-refractivity contribution in [2.45, 2.75) is 44.7 Å². The molecule has 0 saturated heterocycles. The number of halogens is 1. The average molecular weight is 288 g/mol. The Balaban J connectivity index is 3.13. The summed E-state index contributed by atoms with van der Waals surface area (Å²) in [5, 5.41) is 0. The van der Waals surface area contributed by atoms with Crippen molar-refractivity contribution in [1.29, 1.82) is 0 Å². The Labute approximate surface area is 114 Å². The van der Waals surface area contributed by atoms with Crippen LogP contribution in [0.2, 0.25) is 0 Å². The molecule has 0 fully saturated rings. The first-order valence-corrected chi connectivity index (χ1v) is 7.81. The number of hydrogen-bond donors (Lipinski definition) is 2. The second kappa shape index (κ2) is 6.45. The number of rotatable bonds is 6. The Bertz CT molecular complexity index is 529. The Morgan fingerprint density at radius 1 is 1.37 bits per heavy atom. The van der Waals surface area contributed by atoms with Gasteiger partial charge in [-0.05, 0) is 30.0 Å². The van der Waals surface area contributed by atoms with E-state index in [1.807, 2.05) is 20.8 Å². The highest BCUT2D eigenvalue weighted by Gasteiger charge is 2.24. The first-order valence-electron chi connectivity index (χ1n) is 6.32. The number of nitrogens with two attached hydrogens (primary N) is 1. The highest BCUT2D eigenvalue weighted by atomic mass is 32.2. The van der Waals surface area contributed by atoms with Gasteiger partial charge in [0.2, 0.25) is 10.0 Å². The van der Waals surface area contributed by atoms with Gasteiger partial charge < -0.3 is 5.73 Å². The number of benzene rings is 1. The summed E-state index contributed by atoms with van der Waals surface area (Å²) in [4.78, 5) is -0.338. The molecular formula is C13H21FN2O2S. The molecule has 0 saturated carbocycles. The van der Waals surface area contributed by atoms with Gasteiger partial charge >= 0.3 is 0 Å². The molecule has 1 unspecified atom stereocenters. The minimum Gasteiger partial charge on any atom is -0.326 e. The molecule has 3 N–H and O–H groups in total. The first kappa shape index (κ1) is 16.1. The molecule has 1 aromatic carbocycles. The lowest BCUT2D eigenvalue weighted by Crippen LogP contribution is -2.38. The molecular weight excluding hydrogens is 267 g/mol. The molecule has 0 aliphatic heterocycles. The van der Waals surface area contributed by atoms with Crippen LogP contribution in [0.25, 0.3) is 0 Å². The van der Waals surface area contributed by atoms with Gasteiger partial charge in [-0.25, -0.2) is 17.5 Å². The lowest BCUT2D eigenvalue weighted by Gasteiger charge is -2.21. The fraction of sp³-hybridized carbons (Fsp3) is 0.538. The number of nitrogens with one attached hydrogen (secondary N) is 1. The Hall–Kier alpha value is -0.980. The molecule has 0 aromatic heterocycles. The Kier molecular flexibility index (Phi) is 5.46. The third-order valence-electron chi connectivity index (χ3n) is 3.07. The predicted octanol–water partition coefficient (Wildman–Crippen LogP) is 2.00. The standard InChI is InChI=1S/C13H21FN2O2S/c1-4-12(9(2)3)16-19(17,18)13-7-10(8-15)5-6-11(13)14/h5-7,9,12,16H,4,8,15H2,1-3H3. The zero-order chi connectivity index (χ0) is 14.6. The number of hydrogen-bond acceptors (Lipinski definition) is 3. The minimum absolute atomic E-state index is 0.139. The van der Waals surface area contributed by atoms with E-state index in [9.17, 15) is 12.8 Å². The molecule has 0 amide bonds. The van der Waals surface area contributed by atoms with Crippen molar-refractivity contribution in [3.8, 4) is 0 Å². The van der Waals surface area contributed by atoms with E-state index < -0.39 is 15.8 Å². The van der Waals surface area contributed by atoms with E-state index in [2.05, 4.69) is 4.72 Å². The van der Waals surface area contributed by atoms with Crippen LogP contribution in [0.4, 0.5) is 4.39 Å². The van der Waals surface area contributed by atoms with E-state index >= 15 is 0 Å². The van der Waals surface area contributed by atoms with E-state index in [1.54, 1.807) is 0 Å². The van der Waals surface area contributed by atoms with Gasteiger partial charge in [0.25, 0.3) is 0 Å². The topological polar surface area (TPSA) is 72.2 Å². The van der Waals surface area contributed by atoms with Crippen LogP contribution in [0.1, 0.15) is 32.8 Å².